The van der Waals surface area contributed by atoms with E-state index in [0.717, 1.165) is 0 Å². The molecule has 0 aliphatic rings. The van der Waals surface area contributed by atoms with Crippen molar-refractivity contribution in [3.05, 3.63) is 0 Å². The Morgan fingerprint density at radius 2 is 0.808 bits per heavy atom. The Morgan fingerprint density at radius 3 is 0.808 bits per heavy atom. The number of carboxylic acids is 2. The Morgan fingerprint density at radius 1 is 0.615 bits per heavy atom. The van der Waals surface area contributed by atoms with Crippen LogP contribution in [0.4, 0.5) is 0 Å². The van der Waals surface area contributed by atoms with Gasteiger partial charge in [-0.1, -0.05) is 26.7 Å². The summed E-state index contributed by atoms with van der Waals surface area (Å²) in [7, 11) is -0.809. The van der Waals surface area contributed by atoms with E-state index in [1.165, 1.54) is 24.6 Å². The van der Waals surface area contributed by atoms with E-state index in [1.54, 1.807) is 13.8 Å². The fourth-order valence-corrected chi connectivity index (χ4v) is 4.43. The summed E-state index contributed by atoms with van der Waals surface area (Å²) >= 11 is 0. The highest BCUT2D eigenvalue weighted by Gasteiger charge is 2.27. The van der Waals surface area contributed by atoms with Gasteiger partial charge < -0.3 is 19.8 Å². The topological polar surface area (TPSA) is 80.3 Å². The molecule has 0 spiro atoms. The summed E-state index contributed by atoms with van der Waals surface area (Å²) in [6, 6.07) is 0. The molecule has 6 heteroatoms. The summed E-state index contributed by atoms with van der Waals surface area (Å²) in [5.41, 5.74) is 0. The molecule has 0 aliphatic carbocycles. The van der Waals surface area contributed by atoms with Crippen molar-refractivity contribution in [3.8, 4) is 0 Å². The summed E-state index contributed by atoms with van der Waals surface area (Å²) in [6.07, 6.45) is 7.52. The Hall–Kier alpha value is -0.200. The minimum Gasteiger partial charge on any atom is -0.550 e. The highest BCUT2D eigenvalue weighted by Crippen LogP contribution is 2.57. The lowest BCUT2D eigenvalue weighted by Crippen LogP contribution is -2.20. The highest BCUT2D eigenvalue weighted by atomic mass is 31.2. The summed E-state index contributed by atoms with van der Waals surface area (Å²) in [6.45, 7) is 22.2. The molecule has 0 saturated carbocycles. The number of carbonyl (C=O) groups is 2. The van der Waals surface area contributed by atoms with Crippen LogP contribution in [0.15, 0.2) is 0 Å². The number of hydrogen-bond acceptors (Lipinski definition) is 4. The molecular weight excluding hydrogens is 366 g/mol. The summed E-state index contributed by atoms with van der Waals surface area (Å²) < 4.78 is 0. The molecule has 0 heterocycles. The van der Waals surface area contributed by atoms with Gasteiger partial charge in [-0.2, -0.15) is 0 Å². The predicted octanol–water partition coefficient (Wildman–Crippen LogP) is 3.68. The molecule has 0 unspecified atom stereocenters. The first-order chi connectivity index (χ1) is 11.8. The third kappa shape index (κ3) is 39.0. The van der Waals surface area contributed by atoms with Gasteiger partial charge in [-0.25, -0.2) is 0 Å². The van der Waals surface area contributed by atoms with Gasteiger partial charge in [0.2, 0.25) is 0 Å². The van der Waals surface area contributed by atoms with E-state index in [1.807, 2.05) is 0 Å². The average Bonchev–Trinajstić information content (AvgIpc) is 2.49. The maximum atomic E-state index is 9.49. The molecule has 0 N–H and O–H groups in total. The van der Waals surface area contributed by atoms with Crippen LogP contribution in [0, 0.1) is 0 Å². The minimum atomic E-state index is -0.961. The molecule has 160 valence electrons. The lowest BCUT2D eigenvalue weighted by atomic mass is 10.4. The zero-order valence-corrected chi connectivity index (χ0v) is 21.0. The van der Waals surface area contributed by atoms with E-state index in [0.29, 0.717) is 12.8 Å². The smallest absolute Gasteiger partial charge is 0.0565 e. The monoisotopic (exact) mass is 412 g/mol. The van der Waals surface area contributed by atoms with Crippen molar-refractivity contribution in [2.75, 3.05) is 51.3 Å². The van der Waals surface area contributed by atoms with Gasteiger partial charge in [0.15, 0.2) is 0 Å². The van der Waals surface area contributed by atoms with Crippen molar-refractivity contribution in [2.45, 2.75) is 67.2 Å². The first-order valence-corrected chi connectivity index (χ1v) is 15.9. The second kappa shape index (κ2) is 21.1. The van der Waals surface area contributed by atoms with Gasteiger partial charge in [-0.15, -0.1) is 0 Å². The van der Waals surface area contributed by atoms with Crippen molar-refractivity contribution in [1.29, 1.82) is 0 Å². The first kappa shape index (κ1) is 33.4. The van der Waals surface area contributed by atoms with Crippen molar-refractivity contribution < 1.29 is 19.8 Å². The van der Waals surface area contributed by atoms with E-state index >= 15 is 0 Å². The van der Waals surface area contributed by atoms with Gasteiger partial charge in [0.25, 0.3) is 0 Å². The van der Waals surface area contributed by atoms with Gasteiger partial charge in [0.05, 0.1) is 24.6 Å². The highest BCUT2D eigenvalue weighted by molar-refractivity contribution is 7.75. The van der Waals surface area contributed by atoms with Crippen LogP contribution in [-0.2, 0) is 9.59 Å². The molecule has 26 heavy (non-hydrogen) atoms. The van der Waals surface area contributed by atoms with Gasteiger partial charge in [0, 0.05) is 53.1 Å². The molecule has 0 radical (unpaired) electrons. The number of carbonyl (C=O) groups excluding carboxylic acids is 2. The maximum Gasteiger partial charge on any atom is 0.0565 e. The number of hydrogen-bond donors (Lipinski definition) is 0. The van der Waals surface area contributed by atoms with Gasteiger partial charge in [0.1, 0.15) is 0 Å². The normalized spacial score (nSPS) is 10.2. The van der Waals surface area contributed by atoms with E-state index in [9.17, 15) is 19.8 Å². The molecule has 0 aliphatic heterocycles. The lowest BCUT2D eigenvalue weighted by Gasteiger charge is -2.20. The molecule has 0 aromatic carbocycles. The predicted molar refractivity (Wildman–Crippen MR) is 120 cm³/mol. The van der Waals surface area contributed by atoms with E-state index in [4.69, 9.17) is 0 Å². The fraction of sp³-hybridized carbons (Fsp3) is 0.900. The maximum absolute atomic E-state index is 9.49. The van der Waals surface area contributed by atoms with E-state index < -0.39 is 19.2 Å². The van der Waals surface area contributed by atoms with Crippen molar-refractivity contribution in [3.63, 3.8) is 0 Å². The van der Waals surface area contributed by atoms with E-state index in [2.05, 4.69) is 54.4 Å². The van der Waals surface area contributed by atoms with Crippen LogP contribution in [0.5, 0.6) is 0 Å². The van der Waals surface area contributed by atoms with Crippen LogP contribution >= 0.6 is 14.5 Å². The van der Waals surface area contributed by atoms with Crippen molar-refractivity contribution in [1.82, 2.24) is 0 Å². The molecule has 0 rings (SSSR count). The van der Waals surface area contributed by atoms with Crippen LogP contribution in [0.1, 0.15) is 67.2 Å². The Kier molecular flexibility index (Phi) is 27.1. The van der Waals surface area contributed by atoms with Crippen LogP contribution in [0.25, 0.3) is 0 Å². The van der Waals surface area contributed by atoms with Crippen molar-refractivity contribution in [2.24, 2.45) is 0 Å². The third-order valence-corrected chi connectivity index (χ3v) is 8.96. The molecule has 0 bridgehead atoms. The zero-order valence-electron chi connectivity index (χ0n) is 19.2. The van der Waals surface area contributed by atoms with Gasteiger partial charge in [-0.3, -0.25) is 0 Å². The van der Waals surface area contributed by atoms with Crippen LogP contribution in [0.2, 0.25) is 0 Å². The second-order valence-corrected chi connectivity index (χ2v) is 18.1. The van der Waals surface area contributed by atoms with Crippen molar-refractivity contribution >= 4 is 26.5 Å². The van der Waals surface area contributed by atoms with Gasteiger partial charge in [-0.05, 0) is 40.5 Å². The van der Waals surface area contributed by atoms with Gasteiger partial charge >= 0.3 is 0 Å². The lowest BCUT2D eigenvalue weighted by molar-refractivity contribution is -0.307. The molecule has 0 saturated heterocycles. The third-order valence-electron chi connectivity index (χ3n) is 3.59. The summed E-state index contributed by atoms with van der Waals surface area (Å²) in [5.74, 6) is -1.92. The van der Waals surface area contributed by atoms with E-state index in [-0.39, 0.29) is 20.1 Å². The number of carboxylic acid groups (broad SMARTS) is 2. The molecule has 4 nitrogen and oxygen atoms in total. The van der Waals surface area contributed by atoms with Crippen LogP contribution in [-0.4, -0.2) is 63.2 Å². The fourth-order valence-electron chi connectivity index (χ4n) is 1.75. The molecule has 0 amide bonds. The second-order valence-electron chi connectivity index (χ2n) is 7.53. The molecule has 0 atom stereocenters. The Balaban J connectivity index is -0.000000128. The minimum absolute atomic E-state index is 0.181. The number of rotatable bonds is 8. The Bertz CT molecular complexity index is 283. The Labute approximate surface area is 165 Å². The largest absolute Gasteiger partial charge is 0.550 e. The zero-order chi connectivity index (χ0) is 21.8. The van der Waals surface area contributed by atoms with Crippen LogP contribution in [0.3, 0.4) is 0 Å². The SMILES string of the molecule is CCCC(=O)[O-].CCCC(=O)[O-].CC[P+](CC)(CC)CC.C[P+](C)(C)C. The summed E-state index contributed by atoms with van der Waals surface area (Å²) in [5, 5.41) is 19.0. The molecule has 0 fully saturated rings. The quantitative estimate of drug-likeness (QED) is 0.570. The van der Waals surface area contributed by atoms with Crippen LogP contribution < -0.4 is 10.2 Å². The average molecular weight is 413 g/mol. The molecule has 0 aromatic heterocycles. The summed E-state index contributed by atoms with van der Waals surface area (Å²) in [4.78, 5) is 19.0. The molecular formula is C20H46O4P2. The molecule has 0 aromatic rings. The standard InChI is InChI=1S/C8H20P.2C4H8O2.C4H12P/c1-5-9(6-2,7-3)8-4;2*1-2-3-4(5)6;1-5(2,3)4/h5-8H2,1-4H3;2*2-3H2,1H3,(H,5,6);1-4H3/q+1;;;+1/p-2. The first-order valence-electron chi connectivity index (χ1n) is 9.82. The number of aliphatic carboxylic acids is 2.